The van der Waals surface area contributed by atoms with E-state index in [2.05, 4.69) is 11.1 Å². The van der Waals surface area contributed by atoms with Crippen molar-refractivity contribution in [1.82, 2.24) is 4.98 Å². The van der Waals surface area contributed by atoms with Crippen LogP contribution in [0.1, 0.15) is 17.6 Å². The molecule has 0 saturated carbocycles. The molecule has 0 aliphatic carbocycles. The van der Waals surface area contributed by atoms with E-state index in [4.69, 9.17) is 4.42 Å². The predicted octanol–water partition coefficient (Wildman–Crippen LogP) is 3.70. The molecule has 0 aliphatic rings. The van der Waals surface area contributed by atoms with E-state index in [-0.39, 0.29) is 11.7 Å². The molecule has 3 heteroatoms. The Morgan fingerprint density at radius 2 is 1.89 bits per heavy atom. The number of oxazole rings is 1. The van der Waals surface area contributed by atoms with Gasteiger partial charge in [-0.15, -0.1) is 0 Å². The Labute approximate surface area is 104 Å². The van der Waals surface area contributed by atoms with Crippen molar-refractivity contribution in [3.63, 3.8) is 0 Å². The van der Waals surface area contributed by atoms with Crippen LogP contribution in [0.3, 0.4) is 0 Å². The quantitative estimate of drug-likeness (QED) is 0.638. The van der Waals surface area contributed by atoms with E-state index in [1.165, 1.54) is 18.6 Å². The van der Waals surface area contributed by atoms with Gasteiger partial charge in [-0.2, -0.15) is 0 Å². The molecule has 3 aromatic rings. The van der Waals surface area contributed by atoms with Crippen LogP contribution in [0.5, 0.6) is 0 Å². The molecule has 0 unspecified atom stereocenters. The molecular weight excluding hydrogens is 226 g/mol. The zero-order valence-electron chi connectivity index (χ0n) is 9.88. The van der Waals surface area contributed by atoms with Crippen LogP contribution in [0, 0.1) is 0 Å². The average Bonchev–Trinajstić information content (AvgIpc) is 2.88. The zero-order valence-corrected chi connectivity index (χ0v) is 9.88. The Balaban J connectivity index is 2.10. The van der Waals surface area contributed by atoms with E-state index in [0.29, 0.717) is 5.69 Å². The molecule has 18 heavy (non-hydrogen) atoms. The minimum Gasteiger partial charge on any atom is -0.442 e. The summed E-state index contributed by atoms with van der Waals surface area (Å²) in [5.41, 5.74) is 1.64. The van der Waals surface area contributed by atoms with Gasteiger partial charge in [0.1, 0.15) is 12.0 Å². The highest BCUT2D eigenvalue weighted by molar-refractivity contribution is 5.90. The summed E-state index contributed by atoms with van der Waals surface area (Å²) in [7, 11) is 0. The first-order valence-electron chi connectivity index (χ1n) is 5.70. The topological polar surface area (TPSA) is 43.1 Å². The number of nitrogens with zero attached hydrogens (tertiary/aromatic N) is 1. The Morgan fingerprint density at radius 1 is 1.11 bits per heavy atom. The molecule has 3 nitrogen and oxygen atoms in total. The summed E-state index contributed by atoms with van der Waals surface area (Å²) >= 11 is 0. The number of carbonyl (C=O) groups is 1. The van der Waals surface area contributed by atoms with Crippen LogP contribution in [0.4, 0.5) is 0 Å². The van der Waals surface area contributed by atoms with Gasteiger partial charge in [-0.05, 0) is 16.8 Å². The highest BCUT2D eigenvalue weighted by Gasteiger charge is 2.09. The Morgan fingerprint density at radius 3 is 2.61 bits per heavy atom. The first-order chi connectivity index (χ1) is 8.74. The number of hydrogen-bond donors (Lipinski definition) is 0. The van der Waals surface area contributed by atoms with Crippen molar-refractivity contribution in [2.24, 2.45) is 0 Å². The van der Waals surface area contributed by atoms with E-state index >= 15 is 0 Å². The first-order valence-corrected chi connectivity index (χ1v) is 5.70. The number of rotatable bonds is 2. The molecule has 0 bridgehead atoms. The van der Waals surface area contributed by atoms with Gasteiger partial charge in [0.05, 0.1) is 0 Å². The molecule has 2 aromatic carbocycles. The molecule has 0 atom stereocenters. The summed E-state index contributed by atoms with van der Waals surface area (Å²) < 4.78 is 5.13. The largest absolute Gasteiger partial charge is 0.442 e. The maximum Gasteiger partial charge on any atom is 0.263 e. The zero-order chi connectivity index (χ0) is 12.5. The van der Waals surface area contributed by atoms with Crippen molar-refractivity contribution in [3.8, 4) is 11.3 Å². The first kappa shape index (κ1) is 10.7. The second kappa shape index (κ2) is 4.11. The summed E-state index contributed by atoms with van der Waals surface area (Å²) in [5.74, 6) is -0.0137. The van der Waals surface area contributed by atoms with Crippen molar-refractivity contribution in [2.75, 3.05) is 0 Å². The normalized spacial score (nSPS) is 10.7. The molecule has 1 aromatic heterocycles. The molecular formula is C15H11NO2. The van der Waals surface area contributed by atoms with Crippen molar-refractivity contribution >= 4 is 16.6 Å². The van der Waals surface area contributed by atoms with Crippen molar-refractivity contribution < 1.29 is 9.21 Å². The van der Waals surface area contributed by atoms with Crippen molar-refractivity contribution in [1.29, 1.82) is 0 Å². The van der Waals surface area contributed by atoms with Gasteiger partial charge in [-0.1, -0.05) is 36.4 Å². The Hall–Kier alpha value is -2.42. The summed E-state index contributed by atoms with van der Waals surface area (Å²) in [5, 5.41) is 2.32. The third-order valence-corrected chi connectivity index (χ3v) is 2.85. The van der Waals surface area contributed by atoms with Crippen LogP contribution in [0.2, 0.25) is 0 Å². The summed E-state index contributed by atoms with van der Waals surface area (Å²) in [6.07, 6.45) is 1.51. The molecule has 3 rings (SSSR count). The molecule has 0 radical (unpaired) electrons. The number of aromatic nitrogens is 1. The predicted molar refractivity (Wildman–Crippen MR) is 69.4 cm³/mol. The van der Waals surface area contributed by atoms with Gasteiger partial charge >= 0.3 is 0 Å². The second-order valence-electron chi connectivity index (χ2n) is 4.16. The van der Waals surface area contributed by atoms with Crippen LogP contribution in [-0.4, -0.2) is 10.8 Å². The smallest absolute Gasteiger partial charge is 0.263 e. The third-order valence-electron chi connectivity index (χ3n) is 2.85. The molecule has 88 valence electrons. The molecule has 0 saturated heterocycles. The van der Waals surface area contributed by atoms with Crippen molar-refractivity contribution in [3.05, 3.63) is 54.6 Å². The number of hydrogen-bond acceptors (Lipinski definition) is 3. The van der Waals surface area contributed by atoms with Crippen LogP contribution in [0.25, 0.3) is 22.0 Å². The lowest BCUT2D eigenvalue weighted by molar-refractivity contribution is 0.0981. The number of ketones is 1. The van der Waals surface area contributed by atoms with Gasteiger partial charge in [-0.25, -0.2) is 4.98 Å². The number of carbonyl (C=O) groups excluding carboxylic acids is 1. The van der Waals surface area contributed by atoms with Crippen LogP contribution >= 0.6 is 0 Å². The van der Waals surface area contributed by atoms with Gasteiger partial charge in [0.15, 0.2) is 0 Å². The SMILES string of the molecule is CC(=O)c1nc(-c2ccc3ccccc3c2)co1. The number of benzene rings is 2. The second-order valence-corrected chi connectivity index (χ2v) is 4.16. The van der Waals surface area contributed by atoms with Crippen LogP contribution in [0.15, 0.2) is 53.1 Å². The van der Waals surface area contributed by atoms with Crippen molar-refractivity contribution in [2.45, 2.75) is 6.92 Å². The van der Waals surface area contributed by atoms with Crippen LogP contribution in [-0.2, 0) is 0 Å². The lowest BCUT2D eigenvalue weighted by Gasteiger charge is -1.99. The van der Waals surface area contributed by atoms with Gasteiger partial charge in [0, 0.05) is 12.5 Å². The van der Waals surface area contributed by atoms with E-state index in [9.17, 15) is 4.79 Å². The monoisotopic (exact) mass is 237 g/mol. The van der Waals surface area contributed by atoms with Gasteiger partial charge in [0.25, 0.3) is 5.89 Å². The van der Waals surface area contributed by atoms with E-state index in [1.807, 2.05) is 36.4 Å². The fraction of sp³-hybridized carbons (Fsp3) is 0.0667. The molecule has 0 N–H and O–H groups in total. The molecule has 0 aliphatic heterocycles. The fourth-order valence-corrected chi connectivity index (χ4v) is 1.92. The lowest BCUT2D eigenvalue weighted by Crippen LogP contribution is -1.91. The number of fused-ring (bicyclic) bond motifs is 1. The number of Topliss-reactive ketones (excluding diaryl/α,β-unsaturated/α-hetero) is 1. The minimum absolute atomic E-state index is 0.151. The average molecular weight is 237 g/mol. The highest BCUT2D eigenvalue weighted by atomic mass is 16.3. The maximum absolute atomic E-state index is 11.1. The summed E-state index contributed by atoms with van der Waals surface area (Å²) in [6, 6.07) is 14.2. The molecule has 0 spiro atoms. The van der Waals surface area contributed by atoms with E-state index < -0.39 is 0 Å². The highest BCUT2D eigenvalue weighted by Crippen LogP contribution is 2.23. The maximum atomic E-state index is 11.1. The standard InChI is InChI=1S/C15H11NO2/c1-10(17)15-16-14(9-18-15)13-7-6-11-4-2-3-5-12(11)8-13/h2-9H,1H3. The molecule has 0 fully saturated rings. The van der Waals surface area contributed by atoms with Gasteiger partial charge in [0.2, 0.25) is 5.78 Å². The van der Waals surface area contributed by atoms with Crippen LogP contribution < -0.4 is 0 Å². The van der Waals surface area contributed by atoms with E-state index in [1.54, 1.807) is 0 Å². The lowest BCUT2D eigenvalue weighted by atomic mass is 10.1. The van der Waals surface area contributed by atoms with Gasteiger partial charge in [-0.3, -0.25) is 4.79 Å². The molecule has 1 heterocycles. The summed E-state index contributed by atoms with van der Waals surface area (Å²) in [6.45, 7) is 1.44. The molecule has 0 amide bonds. The summed E-state index contributed by atoms with van der Waals surface area (Å²) in [4.78, 5) is 15.3. The minimum atomic E-state index is -0.165. The van der Waals surface area contributed by atoms with E-state index in [0.717, 1.165) is 10.9 Å². The Kier molecular flexibility index (Phi) is 2.45. The third kappa shape index (κ3) is 1.80. The van der Waals surface area contributed by atoms with Gasteiger partial charge < -0.3 is 4.42 Å². The fourth-order valence-electron chi connectivity index (χ4n) is 1.92. The Bertz CT molecular complexity index is 728.